The van der Waals surface area contributed by atoms with Crippen LogP contribution in [0.2, 0.25) is 0 Å². The molecule has 17 heteroatoms. The molecule has 7 heterocycles. The predicted octanol–water partition coefficient (Wildman–Crippen LogP) is 5.34. The van der Waals surface area contributed by atoms with Crippen LogP contribution < -0.4 is 20.7 Å². The summed E-state index contributed by atoms with van der Waals surface area (Å²) in [5.74, 6) is 0.476. The van der Waals surface area contributed by atoms with Gasteiger partial charge in [-0.05, 0) is 112 Å². The highest BCUT2D eigenvalue weighted by atomic mass is 16.5. The van der Waals surface area contributed by atoms with Crippen molar-refractivity contribution in [1.82, 2.24) is 44.7 Å². The zero-order valence-corrected chi connectivity index (χ0v) is 36.3. The number of anilines is 2. The standard InChI is InChI=1S/C48H53N11O6/c49-43-41-42(32-10-13-36(14-11-32)65-35-8-2-1-3-9-35)53-59(44(41)51-30-50-43)34-7-5-21-57(29-34)48(64)56-26-24-54(25-27-56)20-4-6-31-18-22-55(23-19-31)33-12-15-37-38(28-33)47(63)58(46(37)62)39-16-17-40(60)52-45(39)61/h1-3,8-15,28,30-31,34,39H,4-7,16-27,29H2,(H2,49,50,51)(H,52,60,61)/t34-,39?/m1/s1. The number of carbonyl (C=O) groups excluding carboxylic acids is 5. The number of benzene rings is 3. The van der Waals surface area contributed by atoms with E-state index in [0.717, 1.165) is 93.1 Å². The quantitative estimate of drug-likeness (QED) is 0.172. The molecule has 65 heavy (non-hydrogen) atoms. The molecule has 6 amide bonds. The Morgan fingerprint density at radius 1 is 0.785 bits per heavy atom. The van der Waals surface area contributed by atoms with E-state index in [0.29, 0.717) is 71.5 Å². The number of nitrogens with zero attached hydrogens (tertiary/aromatic N) is 9. The highest BCUT2D eigenvalue weighted by Crippen LogP contribution is 2.36. The number of ether oxygens (including phenoxy) is 1. The normalized spacial score (nSPS) is 21.0. The number of rotatable bonds is 10. The monoisotopic (exact) mass is 879 g/mol. The van der Waals surface area contributed by atoms with E-state index in [4.69, 9.17) is 15.6 Å². The number of para-hydroxylation sites is 1. The van der Waals surface area contributed by atoms with Gasteiger partial charge in [0.05, 0.1) is 22.6 Å². The Hall–Kier alpha value is -6.88. The van der Waals surface area contributed by atoms with E-state index in [1.165, 1.54) is 6.33 Å². The van der Waals surface area contributed by atoms with Crippen LogP contribution in [-0.2, 0) is 9.59 Å². The van der Waals surface area contributed by atoms with E-state index in [1.54, 1.807) is 12.1 Å². The third-order valence-electron chi connectivity index (χ3n) is 13.8. The topological polar surface area (TPSA) is 192 Å². The Bertz CT molecular complexity index is 2620. The van der Waals surface area contributed by atoms with E-state index in [1.807, 2.05) is 75.1 Å². The minimum Gasteiger partial charge on any atom is -0.457 e. The van der Waals surface area contributed by atoms with Gasteiger partial charge >= 0.3 is 6.03 Å². The second-order valence-electron chi connectivity index (χ2n) is 17.8. The highest BCUT2D eigenvalue weighted by molar-refractivity contribution is 6.23. The molecule has 3 aromatic carbocycles. The van der Waals surface area contributed by atoms with Crippen molar-refractivity contribution in [1.29, 1.82) is 0 Å². The summed E-state index contributed by atoms with van der Waals surface area (Å²) in [4.78, 5) is 83.3. The molecule has 4 saturated heterocycles. The van der Waals surface area contributed by atoms with E-state index in [2.05, 4.69) is 25.1 Å². The number of amides is 6. The molecule has 0 aliphatic carbocycles. The molecule has 3 N–H and O–H groups in total. The number of fused-ring (bicyclic) bond motifs is 2. The van der Waals surface area contributed by atoms with Gasteiger partial charge in [0.2, 0.25) is 11.8 Å². The van der Waals surface area contributed by atoms with Crippen LogP contribution in [0.25, 0.3) is 22.3 Å². The average molecular weight is 880 g/mol. The fraction of sp³-hybridized carbons (Fsp3) is 0.417. The molecule has 0 bridgehead atoms. The second kappa shape index (κ2) is 17.9. The van der Waals surface area contributed by atoms with Crippen molar-refractivity contribution in [3.8, 4) is 22.8 Å². The maximum absolute atomic E-state index is 14.0. The minimum absolute atomic E-state index is 0.0619. The average Bonchev–Trinajstić information content (AvgIpc) is 3.85. The zero-order valence-electron chi connectivity index (χ0n) is 36.3. The molecule has 17 nitrogen and oxygen atoms in total. The van der Waals surface area contributed by atoms with Crippen molar-refractivity contribution in [3.05, 3.63) is 90.3 Å². The predicted molar refractivity (Wildman–Crippen MR) is 242 cm³/mol. The van der Waals surface area contributed by atoms with Gasteiger partial charge in [-0.2, -0.15) is 5.10 Å². The second-order valence-corrected chi connectivity index (χ2v) is 17.8. The molecule has 336 valence electrons. The molecule has 0 saturated carbocycles. The third-order valence-corrected chi connectivity index (χ3v) is 13.8. The number of hydrogen-bond acceptors (Lipinski definition) is 12. The SMILES string of the molecule is Nc1ncnc2c1c(-c1ccc(Oc3ccccc3)cc1)nn2[C@@H]1CCCN(C(=O)N2CCN(CCCC3CCN(c4ccc5c(c4)C(=O)N(C4CCC(=O)NC4=O)C5=O)CC3)CC2)C1. The summed E-state index contributed by atoms with van der Waals surface area (Å²) in [5, 5.41) is 8.03. The van der Waals surface area contributed by atoms with Crippen LogP contribution in [0.4, 0.5) is 16.3 Å². The summed E-state index contributed by atoms with van der Waals surface area (Å²) >= 11 is 0. The summed E-state index contributed by atoms with van der Waals surface area (Å²) in [5.41, 5.74) is 10.2. The van der Waals surface area contributed by atoms with Crippen LogP contribution in [0, 0.1) is 5.92 Å². The lowest BCUT2D eigenvalue weighted by Gasteiger charge is -2.40. The largest absolute Gasteiger partial charge is 0.457 e. The Morgan fingerprint density at radius 3 is 2.31 bits per heavy atom. The molecular formula is C48H53N11O6. The number of imide groups is 2. The Labute approximate surface area is 376 Å². The first kappa shape index (κ1) is 42.1. The lowest BCUT2D eigenvalue weighted by Crippen LogP contribution is -2.54. The number of hydrogen-bond donors (Lipinski definition) is 2. The molecule has 0 radical (unpaired) electrons. The van der Waals surface area contributed by atoms with Crippen molar-refractivity contribution in [2.24, 2.45) is 5.92 Å². The maximum Gasteiger partial charge on any atom is 0.320 e. The number of nitrogen functional groups attached to an aromatic ring is 1. The number of nitrogens with one attached hydrogen (secondary N) is 1. The van der Waals surface area contributed by atoms with Crippen molar-refractivity contribution < 1.29 is 28.7 Å². The molecule has 4 fully saturated rings. The van der Waals surface area contributed by atoms with Crippen LogP contribution in [-0.4, -0.2) is 134 Å². The van der Waals surface area contributed by atoms with Crippen molar-refractivity contribution >= 4 is 52.2 Å². The lowest BCUT2D eigenvalue weighted by molar-refractivity contribution is -0.136. The van der Waals surface area contributed by atoms with Gasteiger partial charge in [0.25, 0.3) is 11.8 Å². The number of likely N-dealkylation sites (tertiary alicyclic amines) is 1. The minimum atomic E-state index is -0.972. The Balaban J connectivity index is 0.686. The van der Waals surface area contributed by atoms with Gasteiger partial charge in [-0.3, -0.25) is 34.3 Å². The molecule has 10 rings (SSSR count). The fourth-order valence-electron chi connectivity index (χ4n) is 10.2. The van der Waals surface area contributed by atoms with Crippen molar-refractivity contribution in [3.63, 3.8) is 0 Å². The van der Waals surface area contributed by atoms with E-state index in [9.17, 15) is 24.0 Å². The smallest absolute Gasteiger partial charge is 0.320 e. The molecule has 5 aromatic rings. The summed E-state index contributed by atoms with van der Waals surface area (Å²) < 4.78 is 7.95. The number of piperazine rings is 1. The number of nitrogens with two attached hydrogens (primary N) is 1. The van der Waals surface area contributed by atoms with Crippen LogP contribution in [0.15, 0.2) is 79.1 Å². The zero-order chi connectivity index (χ0) is 44.6. The molecule has 2 atom stereocenters. The van der Waals surface area contributed by atoms with Gasteiger partial charge in [0.1, 0.15) is 35.4 Å². The van der Waals surface area contributed by atoms with Crippen molar-refractivity contribution in [2.75, 3.05) is 69.5 Å². The third kappa shape index (κ3) is 8.47. The number of aromatic nitrogens is 4. The first-order chi connectivity index (χ1) is 31.7. The van der Waals surface area contributed by atoms with E-state index >= 15 is 0 Å². The first-order valence-corrected chi connectivity index (χ1v) is 22.9. The summed E-state index contributed by atoms with van der Waals surface area (Å²) in [6.07, 6.45) is 7.74. The van der Waals surface area contributed by atoms with Gasteiger partial charge in [0.15, 0.2) is 5.65 Å². The van der Waals surface area contributed by atoms with Gasteiger partial charge in [-0.25, -0.2) is 19.4 Å². The maximum atomic E-state index is 14.0. The number of carbonyl (C=O) groups is 5. The highest BCUT2D eigenvalue weighted by Gasteiger charge is 2.45. The van der Waals surface area contributed by atoms with E-state index < -0.39 is 29.7 Å². The molecular weight excluding hydrogens is 827 g/mol. The number of piperidine rings is 3. The Morgan fingerprint density at radius 2 is 1.54 bits per heavy atom. The van der Waals surface area contributed by atoms with Crippen molar-refractivity contribution in [2.45, 2.75) is 63.5 Å². The molecule has 0 spiro atoms. The van der Waals surface area contributed by atoms with Gasteiger partial charge < -0.3 is 25.2 Å². The van der Waals surface area contributed by atoms with Gasteiger partial charge in [0, 0.05) is 70.0 Å². The molecule has 5 aliphatic heterocycles. The Kier molecular flexibility index (Phi) is 11.6. The van der Waals surface area contributed by atoms with Crippen LogP contribution in [0.5, 0.6) is 11.5 Å². The lowest BCUT2D eigenvalue weighted by atomic mass is 9.91. The summed E-state index contributed by atoms with van der Waals surface area (Å²) in [7, 11) is 0. The fourth-order valence-corrected chi connectivity index (χ4v) is 10.2. The summed E-state index contributed by atoms with van der Waals surface area (Å²) in [6, 6.07) is 21.8. The summed E-state index contributed by atoms with van der Waals surface area (Å²) in [6.45, 7) is 7.05. The van der Waals surface area contributed by atoms with Crippen LogP contribution in [0.1, 0.15) is 78.1 Å². The van der Waals surface area contributed by atoms with E-state index in [-0.39, 0.29) is 24.9 Å². The number of urea groups is 1. The first-order valence-electron chi connectivity index (χ1n) is 22.9. The van der Waals surface area contributed by atoms with Crippen LogP contribution in [0.3, 0.4) is 0 Å². The van der Waals surface area contributed by atoms with Gasteiger partial charge in [-0.1, -0.05) is 18.2 Å². The van der Waals surface area contributed by atoms with Gasteiger partial charge in [-0.15, -0.1) is 0 Å². The molecule has 1 unspecified atom stereocenters. The molecule has 5 aliphatic rings. The van der Waals surface area contributed by atoms with Crippen LogP contribution >= 0.6 is 0 Å². The molecule has 2 aromatic heterocycles.